The van der Waals surface area contributed by atoms with Crippen LogP contribution in [0.25, 0.3) is 0 Å². The van der Waals surface area contributed by atoms with Crippen molar-refractivity contribution >= 4 is 11.9 Å². The minimum Gasteiger partial charge on any atom is -0.469 e. The Morgan fingerprint density at radius 2 is 2.00 bits per heavy atom. The van der Waals surface area contributed by atoms with Crippen LogP contribution in [0.1, 0.15) is 12.8 Å². The molecule has 0 heterocycles. The Balaban J connectivity index is 2.16. The normalized spacial score (nSPS) is 41.9. The first-order chi connectivity index (χ1) is 7.04. The van der Waals surface area contributed by atoms with Gasteiger partial charge in [0.1, 0.15) is 5.54 Å². The summed E-state index contributed by atoms with van der Waals surface area (Å²) in [7, 11) is 2.68. The van der Waals surface area contributed by atoms with Crippen LogP contribution in [0.3, 0.4) is 0 Å². The highest BCUT2D eigenvalue weighted by molar-refractivity contribution is 5.86. The zero-order chi connectivity index (χ0) is 11.2. The quantitative estimate of drug-likeness (QED) is 0.636. The van der Waals surface area contributed by atoms with Crippen LogP contribution in [-0.4, -0.2) is 31.7 Å². The Kier molecular flexibility index (Phi) is 2.22. The Bertz CT molecular complexity index is 317. The largest absolute Gasteiger partial charge is 0.469 e. The molecule has 5 nitrogen and oxygen atoms in total. The van der Waals surface area contributed by atoms with Crippen LogP contribution < -0.4 is 5.73 Å². The molecule has 5 heteroatoms. The first-order valence-corrected chi connectivity index (χ1v) is 4.99. The molecule has 0 aromatic carbocycles. The maximum Gasteiger partial charge on any atom is 0.326 e. The standard InChI is InChI=1S/C10H15NO4/c1-14-8(12)7-5-3-6(7)10(11,4-5)9(13)15-2/h5-7H,3-4,11H2,1-2H3/t5-,6-,7-,10+/m0/s1. The zero-order valence-corrected chi connectivity index (χ0v) is 8.86. The molecule has 2 N–H and O–H groups in total. The predicted molar refractivity (Wildman–Crippen MR) is 50.7 cm³/mol. The van der Waals surface area contributed by atoms with Gasteiger partial charge in [0.05, 0.1) is 20.1 Å². The van der Waals surface area contributed by atoms with Crippen LogP contribution in [0.4, 0.5) is 0 Å². The Hall–Kier alpha value is -1.10. The van der Waals surface area contributed by atoms with Crippen molar-refractivity contribution in [3.05, 3.63) is 0 Å². The van der Waals surface area contributed by atoms with Crippen LogP contribution in [0, 0.1) is 17.8 Å². The summed E-state index contributed by atoms with van der Waals surface area (Å²) < 4.78 is 9.37. The number of carbonyl (C=O) groups is 2. The Morgan fingerprint density at radius 1 is 1.33 bits per heavy atom. The number of fused-ring (bicyclic) bond motifs is 1. The monoisotopic (exact) mass is 213 g/mol. The van der Waals surface area contributed by atoms with Gasteiger partial charge in [0.2, 0.25) is 0 Å². The van der Waals surface area contributed by atoms with Gasteiger partial charge < -0.3 is 15.2 Å². The lowest BCUT2D eigenvalue weighted by Gasteiger charge is -2.36. The highest BCUT2D eigenvalue weighted by Gasteiger charge is 2.66. The number of carbonyl (C=O) groups excluding carboxylic acids is 2. The molecule has 3 aliphatic carbocycles. The minimum absolute atomic E-state index is 0.109. The molecule has 15 heavy (non-hydrogen) atoms. The molecule has 0 radical (unpaired) electrons. The lowest BCUT2D eigenvalue weighted by Crippen LogP contribution is -2.53. The fraction of sp³-hybridized carbons (Fsp3) is 0.800. The number of nitrogens with two attached hydrogens (primary N) is 1. The topological polar surface area (TPSA) is 78.6 Å². The molecular formula is C10H15NO4. The fourth-order valence-corrected chi connectivity index (χ4v) is 3.00. The van der Waals surface area contributed by atoms with Gasteiger partial charge in [-0.25, -0.2) is 0 Å². The van der Waals surface area contributed by atoms with Crippen molar-refractivity contribution in [2.24, 2.45) is 23.5 Å². The molecule has 0 aliphatic heterocycles. The third-order valence-corrected chi connectivity index (χ3v) is 3.80. The van der Waals surface area contributed by atoms with Crippen molar-refractivity contribution in [1.29, 1.82) is 0 Å². The van der Waals surface area contributed by atoms with E-state index >= 15 is 0 Å². The number of methoxy groups -OCH3 is 2. The summed E-state index contributed by atoms with van der Waals surface area (Å²) in [6.07, 6.45) is 1.36. The Morgan fingerprint density at radius 3 is 2.53 bits per heavy atom. The van der Waals surface area contributed by atoms with Crippen LogP contribution >= 0.6 is 0 Å². The van der Waals surface area contributed by atoms with Crippen LogP contribution in [0.5, 0.6) is 0 Å². The molecule has 0 aromatic heterocycles. The second-order valence-corrected chi connectivity index (χ2v) is 4.39. The third-order valence-electron chi connectivity index (χ3n) is 3.80. The number of hydrogen-bond acceptors (Lipinski definition) is 5. The van der Waals surface area contributed by atoms with E-state index in [1.54, 1.807) is 0 Å². The van der Waals surface area contributed by atoms with E-state index in [2.05, 4.69) is 4.74 Å². The van der Waals surface area contributed by atoms with Crippen molar-refractivity contribution in [1.82, 2.24) is 0 Å². The Labute approximate surface area is 87.9 Å². The van der Waals surface area contributed by atoms with Gasteiger partial charge in [-0.1, -0.05) is 0 Å². The van der Waals surface area contributed by atoms with E-state index in [1.165, 1.54) is 14.2 Å². The van der Waals surface area contributed by atoms with E-state index in [0.29, 0.717) is 6.42 Å². The molecule has 3 rings (SSSR count). The average Bonchev–Trinajstić information content (AvgIpc) is 2.69. The van der Waals surface area contributed by atoms with Crippen LogP contribution in [0.15, 0.2) is 0 Å². The van der Waals surface area contributed by atoms with Crippen LogP contribution in [0.2, 0.25) is 0 Å². The summed E-state index contributed by atoms with van der Waals surface area (Å²) in [6, 6.07) is 0. The van der Waals surface area contributed by atoms with Gasteiger partial charge in [-0.05, 0) is 18.8 Å². The van der Waals surface area contributed by atoms with Crippen molar-refractivity contribution in [3.63, 3.8) is 0 Å². The van der Waals surface area contributed by atoms with Gasteiger partial charge in [-0.2, -0.15) is 0 Å². The first-order valence-electron chi connectivity index (χ1n) is 4.99. The SMILES string of the molecule is COC(=O)[C@H]1[C@H]2C[C@@H]1[C@@](N)(C(=O)OC)C2. The van der Waals surface area contributed by atoms with Gasteiger partial charge in [0.25, 0.3) is 0 Å². The van der Waals surface area contributed by atoms with E-state index in [1.807, 2.05) is 0 Å². The molecule has 3 saturated carbocycles. The van der Waals surface area contributed by atoms with Gasteiger partial charge in [0.15, 0.2) is 0 Å². The molecule has 2 bridgehead atoms. The number of ether oxygens (including phenoxy) is 2. The molecule has 3 aliphatic rings. The molecular weight excluding hydrogens is 198 g/mol. The van der Waals surface area contributed by atoms with Gasteiger partial charge in [-0.15, -0.1) is 0 Å². The smallest absolute Gasteiger partial charge is 0.326 e. The highest BCUT2D eigenvalue weighted by Crippen LogP contribution is 2.58. The van der Waals surface area contributed by atoms with Gasteiger partial charge >= 0.3 is 11.9 Å². The predicted octanol–water partition coefficient (Wildman–Crippen LogP) is -0.314. The summed E-state index contributed by atoms with van der Waals surface area (Å²) in [5, 5.41) is 0. The summed E-state index contributed by atoms with van der Waals surface area (Å²) in [5.41, 5.74) is 5.02. The molecule has 0 amide bonds. The van der Waals surface area contributed by atoms with Gasteiger partial charge in [-0.3, -0.25) is 9.59 Å². The summed E-state index contributed by atoms with van der Waals surface area (Å²) in [5.74, 6) is -0.804. The van der Waals surface area contributed by atoms with Crippen LogP contribution in [-0.2, 0) is 19.1 Å². The number of esters is 2. The average molecular weight is 213 g/mol. The second kappa shape index (κ2) is 3.20. The molecule has 0 aromatic rings. The zero-order valence-electron chi connectivity index (χ0n) is 8.86. The van der Waals surface area contributed by atoms with E-state index in [9.17, 15) is 9.59 Å². The van der Waals surface area contributed by atoms with E-state index in [4.69, 9.17) is 10.5 Å². The van der Waals surface area contributed by atoms with Crippen molar-refractivity contribution in [3.8, 4) is 0 Å². The summed E-state index contributed by atoms with van der Waals surface area (Å²) in [4.78, 5) is 23.0. The van der Waals surface area contributed by atoms with Crippen molar-refractivity contribution in [2.45, 2.75) is 18.4 Å². The lowest BCUT2D eigenvalue weighted by molar-refractivity contribution is -0.156. The molecule has 84 valence electrons. The maximum absolute atomic E-state index is 11.5. The lowest BCUT2D eigenvalue weighted by atomic mass is 9.69. The summed E-state index contributed by atoms with van der Waals surface area (Å²) >= 11 is 0. The maximum atomic E-state index is 11.5. The molecule has 0 unspecified atom stereocenters. The second-order valence-electron chi connectivity index (χ2n) is 4.39. The van der Waals surface area contributed by atoms with E-state index in [0.717, 1.165) is 6.42 Å². The number of hydrogen-bond donors (Lipinski definition) is 1. The molecule has 0 spiro atoms. The molecule has 3 fully saturated rings. The number of rotatable bonds is 2. The molecule has 4 atom stereocenters. The molecule has 0 saturated heterocycles. The highest BCUT2D eigenvalue weighted by atomic mass is 16.5. The van der Waals surface area contributed by atoms with Crippen molar-refractivity contribution in [2.75, 3.05) is 14.2 Å². The third kappa shape index (κ3) is 1.19. The van der Waals surface area contributed by atoms with Gasteiger partial charge in [0, 0.05) is 5.92 Å². The van der Waals surface area contributed by atoms with E-state index < -0.39 is 11.5 Å². The fourth-order valence-electron chi connectivity index (χ4n) is 3.00. The first kappa shape index (κ1) is 10.4. The minimum atomic E-state index is -0.974. The van der Waals surface area contributed by atoms with E-state index in [-0.39, 0.29) is 23.7 Å². The summed E-state index contributed by atoms with van der Waals surface area (Å²) in [6.45, 7) is 0. The van der Waals surface area contributed by atoms with Crippen molar-refractivity contribution < 1.29 is 19.1 Å².